The molecule has 0 aliphatic carbocycles. The van der Waals surface area contributed by atoms with Crippen molar-refractivity contribution in [3.05, 3.63) is 88.7 Å². The molecular formula is C22H14ClF4N3O4. The maximum Gasteiger partial charge on any atom is 0.416 e. The number of rotatable bonds is 4. The molecule has 34 heavy (non-hydrogen) atoms. The minimum absolute atomic E-state index is 0.115. The van der Waals surface area contributed by atoms with Gasteiger partial charge in [0.05, 0.1) is 16.3 Å². The second-order valence-electron chi connectivity index (χ2n) is 6.62. The Morgan fingerprint density at radius 2 is 1.56 bits per heavy atom. The number of imide groups is 2. The molecule has 0 saturated carbocycles. The largest absolute Gasteiger partial charge is 0.456 e. The third-order valence-corrected chi connectivity index (χ3v) is 4.46. The summed E-state index contributed by atoms with van der Waals surface area (Å²) >= 11 is 5.80. The highest BCUT2D eigenvalue weighted by Gasteiger charge is 2.31. The molecule has 0 spiro atoms. The zero-order chi connectivity index (χ0) is 24.9. The van der Waals surface area contributed by atoms with E-state index in [2.05, 4.69) is 5.32 Å². The number of halogens is 5. The molecule has 0 fully saturated rings. The highest BCUT2D eigenvalue weighted by molar-refractivity contribution is 6.32. The van der Waals surface area contributed by atoms with E-state index in [1.165, 1.54) is 18.2 Å². The second-order valence-corrected chi connectivity index (χ2v) is 7.02. The molecule has 0 unspecified atom stereocenters. The first-order valence-corrected chi connectivity index (χ1v) is 9.73. The molecule has 0 radical (unpaired) electrons. The van der Waals surface area contributed by atoms with Gasteiger partial charge in [0.25, 0.3) is 5.91 Å². The van der Waals surface area contributed by atoms with Gasteiger partial charge in [0, 0.05) is 11.6 Å². The van der Waals surface area contributed by atoms with Crippen molar-refractivity contribution < 1.29 is 36.7 Å². The molecule has 0 heterocycles. The molecule has 0 saturated heterocycles. The zero-order valence-electron chi connectivity index (χ0n) is 16.9. The number of carbonyl (C=O) groups excluding carboxylic acids is 3. The van der Waals surface area contributed by atoms with Crippen LogP contribution in [0.5, 0.6) is 11.5 Å². The maximum absolute atomic E-state index is 14.3. The molecule has 0 aromatic heterocycles. The Hall–Kier alpha value is -4.12. The second kappa shape index (κ2) is 10.2. The summed E-state index contributed by atoms with van der Waals surface area (Å²) in [6.07, 6.45) is -4.59. The van der Waals surface area contributed by atoms with Crippen LogP contribution in [0.3, 0.4) is 0 Å². The van der Waals surface area contributed by atoms with Crippen LogP contribution in [0.4, 0.5) is 32.8 Å². The Morgan fingerprint density at radius 1 is 0.853 bits per heavy atom. The molecule has 3 N–H and O–H groups in total. The first kappa shape index (κ1) is 24.5. The lowest BCUT2D eigenvalue weighted by Gasteiger charge is -2.12. The van der Waals surface area contributed by atoms with Gasteiger partial charge >= 0.3 is 18.2 Å². The van der Waals surface area contributed by atoms with E-state index in [1.54, 1.807) is 18.2 Å². The number of hydrogen-bond acceptors (Lipinski definition) is 4. The van der Waals surface area contributed by atoms with Crippen LogP contribution in [0.25, 0.3) is 0 Å². The predicted molar refractivity (Wildman–Crippen MR) is 114 cm³/mol. The van der Waals surface area contributed by atoms with Gasteiger partial charge < -0.3 is 10.1 Å². The van der Waals surface area contributed by atoms with Crippen molar-refractivity contribution >= 4 is 35.3 Å². The van der Waals surface area contributed by atoms with E-state index in [0.717, 1.165) is 24.3 Å². The number of hydrogen-bond donors (Lipinski definition) is 3. The molecule has 0 aliphatic rings. The summed E-state index contributed by atoms with van der Waals surface area (Å²) in [7, 11) is 0. The van der Waals surface area contributed by atoms with Crippen molar-refractivity contribution in [3.63, 3.8) is 0 Å². The van der Waals surface area contributed by atoms with Gasteiger partial charge in [-0.25, -0.2) is 14.0 Å². The smallest absolute Gasteiger partial charge is 0.416 e. The maximum atomic E-state index is 14.3. The summed E-state index contributed by atoms with van der Waals surface area (Å²) in [4.78, 5) is 35.6. The van der Waals surface area contributed by atoms with Crippen LogP contribution in [-0.2, 0) is 6.18 Å². The van der Waals surface area contributed by atoms with Crippen LogP contribution in [0.2, 0.25) is 5.02 Å². The van der Waals surface area contributed by atoms with E-state index in [-0.39, 0.29) is 27.8 Å². The average Bonchev–Trinajstić information content (AvgIpc) is 2.76. The number of anilines is 1. The normalized spacial score (nSPS) is 10.9. The third-order valence-electron chi connectivity index (χ3n) is 4.17. The number of amides is 5. The van der Waals surface area contributed by atoms with E-state index in [4.69, 9.17) is 16.3 Å². The number of nitrogens with one attached hydrogen (secondary N) is 3. The fraction of sp³-hybridized carbons (Fsp3) is 0.0455. The van der Waals surface area contributed by atoms with E-state index in [0.29, 0.717) is 6.07 Å². The standard InChI is InChI=1S/C22H14ClF4N3O4/c23-15-10-13(22(25,26)27)6-9-18(15)34-14-7-8-17(16(24)11-14)28-20(32)30-21(33)29-19(31)12-4-2-1-3-5-12/h1-11H,(H3,28,29,30,31,32,33). The number of alkyl halides is 3. The average molecular weight is 496 g/mol. The highest BCUT2D eigenvalue weighted by atomic mass is 35.5. The van der Waals surface area contributed by atoms with Gasteiger partial charge in [0.1, 0.15) is 17.3 Å². The van der Waals surface area contributed by atoms with Gasteiger partial charge in [0.2, 0.25) is 0 Å². The SMILES string of the molecule is O=C(NC(=O)Nc1ccc(Oc2ccc(C(F)(F)F)cc2Cl)cc1F)NC(=O)c1ccccc1. The van der Waals surface area contributed by atoms with Crippen molar-refractivity contribution in [1.29, 1.82) is 0 Å². The van der Waals surface area contributed by atoms with Crippen LogP contribution >= 0.6 is 11.6 Å². The van der Waals surface area contributed by atoms with Crippen LogP contribution < -0.4 is 20.7 Å². The van der Waals surface area contributed by atoms with E-state index < -0.39 is 35.5 Å². The van der Waals surface area contributed by atoms with E-state index in [1.807, 2.05) is 10.6 Å². The molecule has 7 nitrogen and oxygen atoms in total. The first-order valence-electron chi connectivity index (χ1n) is 9.35. The van der Waals surface area contributed by atoms with Crippen molar-refractivity contribution in [2.45, 2.75) is 6.18 Å². The summed E-state index contributed by atoms with van der Waals surface area (Å²) in [5.41, 5.74) is -1.13. The van der Waals surface area contributed by atoms with Crippen molar-refractivity contribution in [2.75, 3.05) is 5.32 Å². The number of ether oxygens (including phenoxy) is 1. The quantitative estimate of drug-likeness (QED) is 0.389. The lowest BCUT2D eigenvalue weighted by atomic mass is 10.2. The third kappa shape index (κ3) is 6.45. The lowest BCUT2D eigenvalue weighted by Crippen LogP contribution is -2.44. The number of urea groups is 2. The predicted octanol–water partition coefficient (Wildman–Crippen LogP) is 5.96. The van der Waals surface area contributed by atoms with Gasteiger partial charge in [-0.1, -0.05) is 29.8 Å². The van der Waals surface area contributed by atoms with E-state index in [9.17, 15) is 31.9 Å². The number of carbonyl (C=O) groups is 3. The molecule has 3 aromatic carbocycles. The fourth-order valence-electron chi connectivity index (χ4n) is 2.60. The molecular weight excluding hydrogens is 482 g/mol. The van der Waals surface area contributed by atoms with Crippen LogP contribution in [-0.4, -0.2) is 18.0 Å². The van der Waals surface area contributed by atoms with Crippen LogP contribution in [0.15, 0.2) is 66.7 Å². The highest BCUT2D eigenvalue weighted by Crippen LogP contribution is 2.36. The van der Waals surface area contributed by atoms with Gasteiger partial charge in [-0.2, -0.15) is 13.2 Å². The minimum atomic E-state index is -4.59. The summed E-state index contributed by atoms with van der Waals surface area (Å²) in [6.45, 7) is 0. The topological polar surface area (TPSA) is 96.5 Å². The Kier molecular flexibility index (Phi) is 7.37. The molecule has 0 aliphatic heterocycles. The molecule has 3 rings (SSSR count). The Balaban J connectivity index is 1.59. The van der Waals surface area contributed by atoms with Crippen molar-refractivity contribution in [2.24, 2.45) is 0 Å². The van der Waals surface area contributed by atoms with Gasteiger partial charge in [0.15, 0.2) is 0 Å². The molecule has 5 amide bonds. The Bertz CT molecular complexity index is 1240. The Morgan fingerprint density at radius 3 is 2.18 bits per heavy atom. The Labute approximate surface area is 194 Å². The molecule has 12 heteroatoms. The van der Waals surface area contributed by atoms with Gasteiger partial charge in [-0.15, -0.1) is 0 Å². The molecule has 0 atom stereocenters. The minimum Gasteiger partial charge on any atom is -0.456 e. The number of benzene rings is 3. The fourth-order valence-corrected chi connectivity index (χ4v) is 2.82. The van der Waals surface area contributed by atoms with Crippen LogP contribution in [0.1, 0.15) is 15.9 Å². The van der Waals surface area contributed by atoms with Gasteiger partial charge in [-0.3, -0.25) is 15.4 Å². The van der Waals surface area contributed by atoms with Crippen molar-refractivity contribution in [3.8, 4) is 11.5 Å². The molecule has 0 bridgehead atoms. The summed E-state index contributed by atoms with van der Waals surface area (Å²) in [5.74, 6) is -1.99. The monoisotopic (exact) mass is 495 g/mol. The summed E-state index contributed by atoms with van der Waals surface area (Å²) in [5, 5.41) is 5.48. The van der Waals surface area contributed by atoms with Crippen molar-refractivity contribution in [1.82, 2.24) is 10.6 Å². The zero-order valence-corrected chi connectivity index (χ0v) is 17.6. The van der Waals surface area contributed by atoms with Crippen LogP contribution in [0, 0.1) is 5.82 Å². The molecule has 3 aromatic rings. The lowest BCUT2D eigenvalue weighted by molar-refractivity contribution is -0.137. The first-order chi connectivity index (χ1) is 16.0. The van der Waals surface area contributed by atoms with E-state index >= 15 is 0 Å². The molecule has 176 valence electrons. The van der Waals surface area contributed by atoms with Gasteiger partial charge in [-0.05, 0) is 42.5 Å². The summed E-state index contributed by atoms with van der Waals surface area (Å²) < 4.78 is 57.8. The summed E-state index contributed by atoms with van der Waals surface area (Å²) in [6, 6.07) is 11.1.